The number of nitrogens with one attached hydrogen (secondary N) is 1. The molecule has 134 valence electrons. The van der Waals surface area contributed by atoms with Crippen molar-refractivity contribution in [3.8, 4) is 11.1 Å². The molecule has 4 rings (SSSR count). The van der Waals surface area contributed by atoms with Crippen molar-refractivity contribution in [2.45, 2.75) is 6.92 Å². The molecule has 1 N–H and O–H groups in total. The fraction of sp³-hybridized carbons (Fsp3) is 0.0526. The normalized spacial score (nSPS) is 10.9. The average molecular weight is 382 g/mol. The summed E-state index contributed by atoms with van der Waals surface area (Å²) in [6, 6.07) is 12.9. The number of hydrogen-bond acceptors (Lipinski definition) is 4. The molecule has 0 fully saturated rings. The molecule has 0 radical (unpaired) electrons. The molecule has 0 bridgehead atoms. The molecule has 0 spiro atoms. The van der Waals surface area contributed by atoms with E-state index in [2.05, 4.69) is 20.6 Å². The summed E-state index contributed by atoms with van der Waals surface area (Å²) >= 11 is 6.08. The van der Waals surface area contributed by atoms with Gasteiger partial charge in [-0.2, -0.15) is 5.10 Å². The van der Waals surface area contributed by atoms with E-state index < -0.39 is 5.91 Å². The Hall–Kier alpha value is -3.32. The van der Waals surface area contributed by atoms with E-state index in [0.29, 0.717) is 27.6 Å². The summed E-state index contributed by atoms with van der Waals surface area (Å²) in [6.45, 7) is 1.73. The van der Waals surface area contributed by atoms with Crippen LogP contribution in [0.15, 0.2) is 54.7 Å². The number of carbonyl (C=O) groups is 1. The Balaban J connectivity index is 1.72. The van der Waals surface area contributed by atoms with Crippen LogP contribution in [0.5, 0.6) is 0 Å². The smallest absolute Gasteiger partial charge is 0.278 e. The van der Waals surface area contributed by atoms with Gasteiger partial charge < -0.3 is 5.32 Å². The average Bonchev–Trinajstić information content (AvgIpc) is 3.09. The fourth-order valence-corrected chi connectivity index (χ4v) is 2.92. The van der Waals surface area contributed by atoms with Gasteiger partial charge in [0.15, 0.2) is 11.3 Å². The number of hydrogen-bond donors (Lipinski definition) is 1. The van der Waals surface area contributed by atoms with Crippen molar-refractivity contribution < 1.29 is 9.18 Å². The Bertz CT molecular complexity index is 1160. The number of fused-ring (bicyclic) bond motifs is 1. The van der Waals surface area contributed by atoms with Crippen molar-refractivity contribution in [1.82, 2.24) is 19.8 Å². The van der Waals surface area contributed by atoms with Crippen LogP contribution >= 0.6 is 11.6 Å². The molecular formula is C19H13ClFN5O. The molecule has 1 amide bonds. The molecule has 0 aliphatic heterocycles. The van der Waals surface area contributed by atoms with Crippen LogP contribution in [0, 0.1) is 12.7 Å². The molecule has 0 unspecified atom stereocenters. The Morgan fingerprint density at radius 1 is 1.11 bits per heavy atom. The van der Waals surface area contributed by atoms with Gasteiger partial charge in [-0.1, -0.05) is 35.9 Å². The van der Waals surface area contributed by atoms with Crippen molar-refractivity contribution in [2.75, 3.05) is 5.32 Å². The lowest BCUT2D eigenvalue weighted by atomic mass is 10.1. The Labute approximate surface area is 158 Å². The van der Waals surface area contributed by atoms with Crippen LogP contribution in [0.2, 0.25) is 5.02 Å². The number of rotatable bonds is 3. The fourth-order valence-electron chi connectivity index (χ4n) is 2.74. The quantitative estimate of drug-likeness (QED) is 0.578. The molecule has 2 aromatic carbocycles. The first-order valence-corrected chi connectivity index (χ1v) is 8.45. The summed E-state index contributed by atoms with van der Waals surface area (Å²) in [7, 11) is 0. The summed E-state index contributed by atoms with van der Waals surface area (Å²) in [5.41, 5.74) is 3.08. The van der Waals surface area contributed by atoms with Crippen molar-refractivity contribution >= 4 is 28.8 Å². The Morgan fingerprint density at radius 2 is 1.85 bits per heavy atom. The third-order valence-corrected chi connectivity index (χ3v) is 4.47. The first kappa shape index (κ1) is 17.1. The Morgan fingerprint density at radius 3 is 2.59 bits per heavy atom. The second-order valence-corrected chi connectivity index (χ2v) is 6.28. The van der Waals surface area contributed by atoms with Crippen molar-refractivity contribution in [3.05, 3.63) is 77.0 Å². The van der Waals surface area contributed by atoms with E-state index in [0.717, 1.165) is 5.56 Å². The SMILES string of the molecule is Cc1c(C(=O)Nc2ccccc2Cl)nnc2c(-c3ccc(F)cc3)cnn12. The highest BCUT2D eigenvalue weighted by molar-refractivity contribution is 6.33. The van der Waals surface area contributed by atoms with Crippen LogP contribution in [-0.4, -0.2) is 25.7 Å². The molecule has 0 saturated carbocycles. The van der Waals surface area contributed by atoms with Crippen LogP contribution in [0.3, 0.4) is 0 Å². The zero-order valence-corrected chi connectivity index (χ0v) is 14.9. The van der Waals surface area contributed by atoms with Gasteiger partial charge in [0, 0.05) is 5.56 Å². The maximum absolute atomic E-state index is 13.2. The van der Waals surface area contributed by atoms with E-state index in [-0.39, 0.29) is 11.5 Å². The number of aryl methyl sites for hydroxylation is 1. The maximum atomic E-state index is 13.2. The number of nitrogens with zero attached hydrogens (tertiary/aromatic N) is 4. The highest BCUT2D eigenvalue weighted by Gasteiger charge is 2.18. The van der Waals surface area contributed by atoms with Crippen LogP contribution in [-0.2, 0) is 0 Å². The first-order valence-electron chi connectivity index (χ1n) is 8.07. The van der Waals surface area contributed by atoms with Crippen molar-refractivity contribution in [3.63, 3.8) is 0 Å². The van der Waals surface area contributed by atoms with E-state index in [1.165, 1.54) is 16.6 Å². The third-order valence-electron chi connectivity index (χ3n) is 4.14. The molecule has 8 heteroatoms. The molecule has 0 atom stereocenters. The number of halogens is 2. The van der Waals surface area contributed by atoms with Gasteiger partial charge >= 0.3 is 0 Å². The molecule has 0 aliphatic carbocycles. The number of para-hydroxylation sites is 1. The summed E-state index contributed by atoms with van der Waals surface area (Å²) in [5.74, 6) is -0.759. The lowest BCUT2D eigenvalue weighted by Gasteiger charge is -2.09. The van der Waals surface area contributed by atoms with Crippen LogP contribution in [0.25, 0.3) is 16.8 Å². The number of carbonyl (C=O) groups excluding carboxylic acids is 1. The summed E-state index contributed by atoms with van der Waals surface area (Å²) in [5, 5.41) is 15.7. The molecular weight excluding hydrogens is 369 g/mol. The molecule has 27 heavy (non-hydrogen) atoms. The van der Waals surface area contributed by atoms with Gasteiger partial charge in [-0.05, 0) is 36.8 Å². The Kier molecular flexibility index (Phi) is 4.29. The first-order chi connectivity index (χ1) is 13.0. The topological polar surface area (TPSA) is 72.2 Å². The lowest BCUT2D eigenvalue weighted by molar-refractivity contribution is 0.102. The van der Waals surface area contributed by atoms with Crippen LogP contribution in [0.4, 0.5) is 10.1 Å². The van der Waals surface area contributed by atoms with Gasteiger partial charge in [-0.3, -0.25) is 4.79 Å². The van der Waals surface area contributed by atoms with Crippen LogP contribution in [0.1, 0.15) is 16.2 Å². The summed E-state index contributed by atoms with van der Waals surface area (Å²) < 4.78 is 14.7. The lowest BCUT2D eigenvalue weighted by Crippen LogP contribution is -2.18. The van der Waals surface area contributed by atoms with Gasteiger partial charge in [0.05, 0.1) is 22.6 Å². The molecule has 0 saturated heterocycles. The minimum Gasteiger partial charge on any atom is -0.319 e. The second kappa shape index (κ2) is 6.77. The number of aromatic nitrogens is 4. The van der Waals surface area contributed by atoms with Crippen molar-refractivity contribution in [1.29, 1.82) is 0 Å². The number of amides is 1. The molecule has 2 heterocycles. The largest absolute Gasteiger partial charge is 0.319 e. The standard InChI is InChI=1S/C19H13ClFN5O/c1-11-17(19(27)23-16-5-3-2-4-15(16)20)24-25-18-14(10-22-26(11)18)12-6-8-13(21)9-7-12/h2-10H,1H3,(H,23,27). The van der Waals surface area contributed by atoms with E-state index in [9.17, 15) is 9.18 Å². The van der Waals surface area contributed by atoms with Gasteiger partial charge in [-0.15, -0.1) is 10.2 Å². The monoisotopic (exact) mass is 381 g/mol. The van der Waals surface area contributed by atoms with Crippen molar-refractivity contribution in [2.24, 2.45) is 0 Å². The minimum atomic E-state index is -0.436. The van der Waals surface area contributed by atoms with E-state index in [1.807, 2.05) is 0 Å². The van der Waals surface area contributed by atoms with Gasteiger partial charge in [0.2, 0.25) is 0 Å². The zero-order valence-electron chi connectivity index (χ0n) is 14.1. The highest BCUT2D eigenvalue weighted by Crippen LogP contribution is 2.25. The second-order valence-electron chi connectivity index (χ2n) is 5.87. The molecule has 6 nitrogen and oxygen atoms in total. The maximum Gasteiger partial charge on any atom is 0.278 e. The number of anilines is 1. The molecule has 4 aromatic rings. The summed E-state index contributed by atoms with van der Waals surface area (Å²) in [4.78, 5) is 12.6. The third kappa shape index (κ3) is 3.13. The highest BCUT2D eigenvalue weighted by atomic mass is 35.5. The number of benzene rings is 2. The predicted molar refractivity (Wildman–Crippen MR) is 100 cm³/mol. The van der Waals surface area contributed by atoms with E-state index in [1.54, 1.807) is 49.5 Å². The van der Waals surface area contributed by atoms with E-state index in [4.69, 9.17) is 11.6 Å². The predicted octanol–water partition coefficient (Wildman–Crippen LogP) is 4.14. The minimum absolute atomic E-state index is 0.135. The zero-order chi connectivity index (χ0) is 19.0. The molecule has 2 aromatic heterocycles. The molecule has 0 aliphatic rings. The van der Waals surface area contributed by atoms with Gasteiger partial charge in [-0.25, -0.2) is 8.91 Å². The summed E-state index contributed by atoms with van der Waals surface area (Å²) in [6.07, 6.45) is 1.61. The van der Waals surface area contributed by atoms with Gasteiger partial charge in [0.25, 0.3) is 5.91 Å². The van der Waals surface area contributed by atoms with Crippen LogP contribution < -0.4 is 5.32 Å². The van der Waals surface area contributed by atoms with Gasteiger partial charge in [0.1, 0.15) is 5.82 Å². The van der Waals surface area contributed by atoms with E-state index >= 15 is 0 Å².